The normalized spacial score (nSPS) is 31.9. The van der Waals surface area contributed by atoms with Gasteiger partial charge in [-0.2, -0.15) is 0 Å². The van der Waals surface area contributed by atoms with Gasteiger partial charge in [-0.1, -0.05) is 0 Å². The summed E-state index contributed by atoms with van der Waals surface area (Å²) in [5.41, 5.74) is 0. The fraction of sp³-hybridized carbons (Fsp3) is 1.00. The van der Waals surface area contributed by atoms with E-state index in [1.54, 1.807) is 6.26 Å². The van der Waals surface area contributed by atoms with Crippen molar-refractivity contribution in [2.45, 2.75) is 4.58 Å². The van der Waals surface area contributed by atoms with E-state index in [1.807, 2.05) is 11.8 Å². The zero-order valence-corrected chi connectivity index (χ0v) is 7.06. The summed E-state index contributed by atoms with van der Waals surface area (Å²) in [4.78, 5) is 0. The van der Waals surface area contributed by atoms with E-state index in [2.05, 4.69) is 5.32 Å². The van der Waals surface area contributed by atoms with Crippen LogP contribution in [0.3, 0.4) is 0 Å². The predicted molar refractivity (Wildman–Crippen MR) is 43.2 cm³/mol. The molecular formula is C5H11NOS2. The van der Waals surface area contributed by atoms with Gasteiger partial charge in [0.15, 0.2) is 0 Å². The van der Waals surface area contributed by atoms with Gasteiger partial charge in [0.1, 0.15) is 0 Å². The maximum Gasteiger partial charge on any atom is 0.0922 e. The quantitative estimate of drug-likeness (QED) is 0.594. The van der Waals surface area contributed by atoms with Crippen LogP contribution in [0.2, 0.25) is 0 Å². The fourth-order valence-corrected chi connectivity index (χ4v) is 2.92. The third-order valence-electron chi connectivity index (χ3n) is 1.26. The smallest absolute Gasteiger partial charge is 0.0922 e. The van der Waals surface area contributed by atoms with Crippen LogP contribution in [-0.2, 0) is 10.8 Å². The second-order valence-electron chi connectivity index (χ2n) is 2.00. The Bertz CT molecular complexity index is 112. The first-order valence-electron chi connectivity index (χ1n) is 2.95. The van der Waals surface area contributed by atoms with Crippen LogP contribution in [-0.4, -0.2) is 33.9 Å². The van der Waals surface area contributed by atoms with Gasteiger partial charge >= 0.3 is 0 Å². The van der Waals surface area contributed by atoms with Crippen LogP contribution in [0, 0.1) is 0 Å². The van der Waals surface area contributed by atoms with E-state index < -0.39 is 10.8 Å². The zero-order chi connectivity index (χ0) is 6.69. The van der Waals surface area contributed by atoms with E-state index in [4.69, 9.17) is 0 Å². The summed E-state index contributed by atoms with van der Waals surface area (Å²) in [6, 6.07) is 0. The lowest BCUT2D eigenvalue weighted by Gasteiger charge is -2.19. The molecule has 2 atom stereocenters. The van der Waals surface area contributed by atoms with Crippen molar-refractivity contribution in [3.63, 3.8) is 0 Å². The Labute approximate surface area is 62.2 Å². The molecule has 0 aliphatic carbocycles. The molecule has 2 unspecified atom stereocenters. The third kappa shape index (κ3) is 2.27. The van der Waals surface area contributed by atoms with E-state index in [9.17, 15) is 4.21 Å². The van der Waals surface area contributed by atoms with Crippen molar-refractivity contribution in [3.8, 4) is 0 Å². The van der Waals surface area contributed by atoms with Crippen molar-refractivity contribution in [1.29, 1.82) is 0 Å². The molecule has 1 aliphatic rings. The van der Waals surface area contributed by atoms with Crippen molar-refractivity contribution in [3.05, 3.63) is 0 Å². The van der Waals surface area contributed by atoms with Gasteiger partial charge in [-0.15, -0.1) is 11.8 Å². The molecule has 0 amide bonds. The molecule has 0 aromatic carbocycles. The van der Waals surface area contributed by atoms with E-state index in [-0.39, 0.29) is 0 Å². The van der Waals surface area contributed by atoms with Gasteiger partial charge in [-0.3, -0.25) is 4.21 Å². The van der Waals surface area contributed by atoms with E-state index in [0.717, 1.165) is 18.8 Å². The van der Waals surface area contributed by atoms with Crippen LogP contribution >= 0.6 is 11.8 Å². The number of nitrogens with one attached hydrogen (secondary N) is 1. The van der Waals surface area contributed by atoms with Crippen LogP contribution in [0.1, 0.15) is 0 Å². The molecule has 1 saturated heterocycles. The molecule has 1 aliphatic heterocycles. The molecule has 0 radical (unpaired) electrons. The average Bonchev–Trinajstić information content (AvgIpc) is 1.90. The van der Waals surface area contributed by atoms with Gasteiger partial charge in [0.25, 0.3) is 0 Å². The molecule has 1 heterocycles. The first kappa shape index (κ1) is 7.57. The minimum absolute atomic E-state index is 0.332. The standard InChI is InChI=1S/C5H11NOS2/c1-9(7)5-4-6-2-3-8-5/h5-6H,2-4H2,1H3. The SMILES string of the molecule is CS(=O)C1CNCCS1. The largest absolute Gasteiger partial charge is 0.314 e. The highest BCUT2D eigenvalue weighted by atomic mass is 32.2. The molecule has 0 spiro atoms. The molecular weight excluding hydrogens is 154 g/mol. The molecule has 1 rings (SSSR count). The van der Waals surface area contributed by atoms with E-state index in [0.29, 0.717) is 4.58 Å². The first-order valence-corrected chi connectivity index (χ1v) is 5.62. The van der Waals surface area contributed by atoms with E-state index >= 15 is 0 Å². The van der Waals surface area contributed by atoms with E-state index in [1.165, 1.54) is 0 Å². The van der Waals surface area contributed by atoms with Gasteiger partial charge in [0.2, 0.25) is 0 Å². The zero-order valence-electron chi connectivity index (χ0n) is 5.42. The summed E-state index contributed by atoms with van der Waals surface area (Å²) in [6.45, 7) is 1.98. The molecule has 4 heteroatoms. The lowest BCUT2D eigenvalue weighted by molar-refractivity contribution is 0.673. The molecule has 0 bridgehead atoms. The summed E-state index contributed by atoms with van der Waals surface area (Å²) >= 11 is 1.81. The summed E-state index contributed by atoms with van der Waals surface area (Å²) in [5, 5.41) is 3.20. The Hall–Kier alpha value is 0.460. The molecule has 1 fully saturated rings. The van der Waals surface area contributed by atoms with Crippen LogP contribution in [0.15, 0.2) is 0 Å². The molecule has 0 saturated carbocycles. The van der Waals surface area contributed by atoms with Crippen molar-refractivity contribution in [2.24, 2.45) is 0 Å². The van der Waals surface area contributed by atoms with Crippen LogP contribution in [0.4, 0.5) is 0 Å². The Kier molecular flexibility index (Phi) is 3.01. The van der Waals surface area contributed by atoms with Crippen LogP contribution in [0.25, 0.3) is 0 Å². The maximum absolute atomic E-state index is 10.8. The highest BCUT2D eigenvalue weighted by Crippen LogP contribution is 2.15. The first-order chi connectivity index (χ1) is 4.30. The maximum atomic E-state index is 10.8. The monoisotopic (exact) mass is 165 g/mol. The number of hydrogen-bond acceptors (Lipinski definition) is 3. The van der Waals surface area contributed by atoms with Gasteiger partial charge in [0, 0.05) is 35.9 Å². The summed E-state index contributed by atoms with van der Waals surface area (Å²) in [5.74, 6) is 1.10. The lowest BCUT2D eigenvalue weighted by atomic mass is 10.6. The summed E-state index contributed by atoms with van der Waals surface area (Å²) in [7, 11) is -0.652. The van der Waals surface area contributed by atoms with Gasteiger partial charge in [0.05, 0.1) is 4.58 Å². The molecule has 1 N–H and O–H groups in total. The minimum Gasteiger partial charge on any atom is -0.314 e. The highest BCUT2D eigenvalue weighted by Gasteiger charge is 2.15. The second-order valence-corrected chi connectivity index (χ2v) is 5.18. The Morgan fingerprint density at radius 1 is 1.78 bits per heavy atom. The fourth-order valence-electron chi connectivity index (χ4n) is 0.755. The topological polar surface area (TPSA) is 29.1 Å². The van der Waals surface area contributed by atoms with Crippen molar-refractivity contribution >= 4 is 22.6 Å². The van der Waals surface area contributed by atoms with Gasteiger partial charge in [-0.25, -0.2) is 0 Å². The Balaban J connectivity index is 2.31. The average molecular weight is 165 g/mol. The Morgan fingerprint density at radius 3 is 2.89 bits per heavy atom. The molecule has 0 aromatic heterocycles. The second kappa shape index (κ2) is 3.58. The van der Waals surface area contributed by atoms with Crippen LogP contribution in [0.5, 0.6) is 0 Å². The third-order valence-corrected chi connectivity index (χ3v) is 4.37. The van der Waals surface area contributed by atoms with Crippen LogP contribution < -0.4 is 5.32 Å². The number of rotatable bonds is 1. The van der Waals surface area contributed by atoms with Crippen molar-refractivity contribution in [2.75, 3.05) is 25.1 Å². The highest BCUT2D eigenvalue weighted by molar-refractivity contribution is 8.11. The molecule has 2 nitrogen and oxygen atoms in total. The predicted octanol–water partition coefficient (Wildman–Crippen LogP) is 0.0274. The number of thioether (sulfide) groups is 1. The molecule has 0 aromatic rings. The molecule has 9 heavy (non-hydrogen) atoms. The summed E-state index contributed by atoms with van der Waals surface area (Å²) in [6.07, 6.45) is 1.77. The lowest BCUT2D eigenvalue weighted by Crippen LogP contribution is -2.34. The minimum atomic E-state index is -0.652. The Morgan fingerprint density at radius 2 is 2.56 bits per heavy atom. The molecule has 54 valence electrons. The van der Waals surface area contributed by atoms with Crippen molar-refractivity contribution < 1.29 is 4.21 Å². The summed E-state index contributed by atoms with van der Waals surface area (Å²) < 4.78 is 11.2. The van der Waals surface area contributed by atoms with Gasteiger partial charge < -0.3 is 5.32 Å². The van der Waals surface area contributed by atoms with Gasteiger partial charge in [-0.05, 0) is 0 Å². The number of hydrogen-bond donors (Lipinski definition) is 1. The van der Waals surface area contributed by atoms with Crippen molar-refractivity contribution in [1.82, 2.24) is 5.32 Å².